The van der Waals surface area contributed by atoms with E-state index in [9.17, 15) is 14.4 Å². The lowest BCUT2D eigenvalue weighted by Gasteiger charge is -2.33. The Morgan fingerprint density at radius 3 is 2.55 bits per heavy atom. The SMILES string of the molecule is CC(=O)Nc1ccc(CC(=O)OCC(=O)N(C)[C@@H]2CCCc3ccccc32)cc1. The molecule has 0 fully saturated rings. The van der Waals surface area contributed by atoms with Crippen LogP contribution in [0.5, 0.6) is 0 Å². The molecule has 0 aromatic heterocycles. The summed E-state index contributed by atoms with van der Waals surface area (Å²) in [5.41, 5.74) is 3.88. The first-order valence-corrected chi connectivity index (χ1v) is 9.79. The molecule has 6 heteroatoms. The number of nitrogens with one attached hydrogen (secondary N) is 1. The lowest BCUT2D eigenvalue weighted by molar-refractivity contribution is -0.152. The summed E-state index contributed by atoms with van der Waals surface area (Å²) < 4.78 is 5.20. The van der Waals surface area contributed by atoms with Gasteiger partial charge in [0.25, 0.3) is 5.91 Å². The maximum atomic E-state index is 12.6. The number of hydrogen-bond donors (Lipinski definition) is 1. The number of benzene rings is 2. The van der Waals surface area contributed by atoms with E-state index in [1.165, 1.54) is 18.1 Å². The highest BCUT2D eigenvalue weighted by molar-refractivity contribution is 5.88. The summed E-state index contributed by atoms with van der Waals surface area (Å²) in [7, 11) is 1.77. The Labute approximate surface area is 170 Å². The molecule has 1 aliphatic rings. The van der Waals surface area contributed by atoms with E-state index < -0.39 is 5.97 Å². The van der Waals surface area contributed by atoms with Crippen LogP contribution in [-0.2, 0) is 32.0 Å². The smallest absolute Gasteiger partial charge is 0.310 e. The second kappa shape index (κ2) is 9.37. The van der Waals surface area contributed by atoms with Crippen LogP contribution >= 0.6 is 0 Å². The van der Waals surface area contributed by atoms with Crippen LogP contribution in [0.25, 0.3) is 0 Å². The fourth-order valence-electron chi connectivity index (χ4n) is 3.68. The zero-order valence-electron chi connectivity index (χ0n) is 16.8. The van der Waals surface area contributed by atoms with Gasteiger partial charge in [0.05, 0.1) is 12.5 Å². The Morgan fingerprint density at radius 2 is 1.83 bits per heavy atom. The summed E-state index contributed by atoms with van der Waals surface area (Å²) in [6.07, 6.45) is 3.05. The summed E-state index contributed by atoms with van der Waals surface area (Å²) in [6, 6.07) is 15.2. The predicted molar refractivity (Wildman–Crippen MR) is 110 cm³/mol. The number of carbonyl (C=O) groups excluding carboxylic acids is 3. The molecule has 6 nitrogen and oxygen atoms in total. The zero-order chi connectivity index (χ0) is 20.8. The van der Waals surface area contributed by atoms with E-state index in [0.717, 1.165) is 24.8 Å². The minimum absolute atomic E-state index is 0.0208. The summed E-state index contributed by atoms with van der Waals surface area (Å²) in [5, 5.41) is 2.67. The van der Waals surface area contributed by atoms with Gasteiger partial charge in [-0.3, -0.25) is 14.4 Å². The maximum absolute atomic E-state index is 12.6. The highest BCUT2D eigenvalue weighted by Crippen LogP contribution is 2.33. The minimum Gasteiger partial charge on any atom is -0.455 e. The summed E-state index contributed by atoms with van der Waals surface area (Å²) in [5.74, 6) is -0.815. The average molecular weight is 394 g/mol. The standard InChI is InChI=1S/C23H26N2O4/c1-16(26)24-19-12-10-17(11-13-19)14-23(28)29-15-22(27)25(2)21-9-5-7-18-6-3-4-8-20(18)21/h3-4,6,8,10-13,21H,5,7,9,14-15H2,1-2H3,(H,24,26)/t21-/m1/s1. The summed E-state index contributed by atoms with van der Waals surface area (Å²) in [6.45, 7) is 1.17. The Kier molecular flexibility index (Phi) is 6.65. The number of fused-ring (bicyclic) bond motifs is 1. The maximum Gasteiger partial charge on any atom is 0.310 e. The molecule has 0 saturated carbocycles. The minimum atomic E-state index is -0.455. The largest absolute Gasteiger partial charge is 0.455 e. The first kappa shape index (κ1) is 20.6. The van der Waals surface area contributed by atoms with Gasteiger partial charge in [-0.05, 0) is 48.1 Å². The van der Waals surface area contributed by atoms with Gasteiger partial charge in [-0.15, -0.1) is 0 Å². The van der Waals surface area contributed by atoms with Crippen molar-refractivity contribution in [2.75, 3.05) is 19.0 Å². The van der Waals surface area contributed by atoms with Crippen LogP contribution in [0.1, 0.15) is 42.5 Å². The summed E-state index contributed by atoms with van der Waals surface area (Å²) in [4.78, 5) is 37.4. The van der Waals surface area contributed by atoms with E-state index in [1.807, 2.05) is 12.1 Å². The van der Waals surface area contributed by atoms with Gasteiger partial charge in [-0.25, -0.2) is 0 Å². The van der Waals surface area contributed by atoms with Crippen LogP contribution in [0.4, 0.5) is 5.69 Å². The molecule has 0 unspecified atom stereocenters. The van der Waals surface area contributed by atoms with E-state index in [4.69, 9.17) is 4.74 Å². The highest BCUT2D eigenvalue weighted by atomic mass is 16.5. The number of hydrogen-bond acceptors (Lipinski definition) is 4. The molecule has 2 amide bonds. The number of carbonyl (C=O) groups is 3. The number of nitrogens with zero attached hydrogens (tertiary/aromatic N) is 1. The molecule has 3 rings (SSSR count). The van der Waals surface area contributed by atoms with Crippen molar-refractivity contribution in [1.29, 1.82) is 0 Å². The number of amides is 2. The van der Waals surface area contributed by atoms with Crippen LogP contribution in [0, 0.1) is 0 Å². The molecule has 1 atom stereocenters. The average Bonchev–Trinajstić information content (AvgIpc) is 2.72. The molecule has 1 aliphatic carbocycles. The number of esters is 1. The van der Waals surface area contributed by atoms with Crippen molar-refractivity contribution in [2.24, 2.45) is 0 Å². The molecule has 0 aliphatic heterocycles. The Bertz CT molecular complexity index is 892. The van der Waals surface area contributed by atoms with Gasteiger partial charge in [0.2, 0.25) is 5.91 Å². The molecule has 0 bridgehead atoms. The first-order chi connectivity index (χ1) is 13.9. The lowest BCUT2D eigenvalue weighted by Crippen LogP contribution is -2.36. The number of likely N-dealkylation sites (N-methyl/N-ethyl adjacent to an activating group) is 1. The second-order valence-electron chi connectivity index (χ2n) is 7.33. The van der Waals surface area contributed by atoms with Gasteiger partial charge in [-0.1, -0.05) is 36.4 Å². The molecule has 2 aromatic carbocycles. The van der Waals surface area contributed by atoms with Gasteiger partial charge in [0, 0.05) is 19.7 Å². The fraction of sp³-hybridized carbons (Fsp3) is 0.348. The van der Waals surface area contributed by atoms with Crippen molar-refractivity contribution in [3.8, 4) is 0 Å². The molecule has 0 saturated heterocycles. The zero-order valence-corrected chi connectivity index (χ0v) is 16.8. The molecule has 1 N–H and O–H groups in total. The van der Waals surface area contributed by atoms with Gasteiger partial charge in [0.15, 0.2) is 6.61 Å². The monoisotopic (exact) mass is 394 g/mol. The second-order valence-corrected chi connectivity index (χ2v) is 7.33. The van der Waals surface area contributed by atoms with Crippen molar-refractivity contribution < 1.29 is 19.1 Å². The van der Waals surface area contributed by atoms with Gasteiger partial charge < -0.3 is 15.0 Å². The molecular weight excluding hydrogens is 368 g/mol. The van der Waals surface area contributed by atoms with Crippen molar-refractivity contribution in [3.05, 3.63) is 65.2 Å². The molecule has 2 aromatic rings. The molecule has 152 valence electrons. The third-order valence-corrected chi connectivity index (χ3v) is 5.18. The number of aryl methyl sites for hydroxylation is 1. The topological polar surface area (TPSA) is 75.7 Å². The van der Waals surface area contributed by atoms with Crippen molar-refractivity contribution in [2.45, 2.75) is 38.6 Å². The Balaban J connectivity index is 1.51. The van der Waals surface area contributed by atoms with Crippen molar-refractivity contribution in [3.63, 3.8) is 0 Å². The third-order valence-electron chi connectivity index (χ3n) is 5.18. The summed E-state index contributed by atoms with van der Waals surface area (Å²) >= 11 is 0. The van der Waals surface area contributed by atoms with Crippen molar-refractivity contribution >= 4 is 23.5 Å². The Morgan fingerprint density at radius 1 is 1.10 bits per heavy atom. The van der Waals surface area contributed by atoms with E-state index in [1.54, 1.807) is 36.2 Å². The van der Waals surface area contributed by atoms with Crippen LogP contribution in [0.2, 0.25) is 0 Å². The first-order valence-electron chi connectivity index (χ1n) is 9.79. The van der Waals surface area contributed by atoms with E-state index in [2.05, 4.69) is 17.4 Å². The number of anilines is 1. The third kappa shape index (κ3) is 5.44. The van der Waals surface area contributed by atoms with Crippen LogP contribution in [-0.4, -0.2) is 36.3 Å². The predicted octanol–water partition coefficient (Wildman–Crippen LogP) is 3.27. The van der Waals surface area contributed by atoms with Crippen LogP contribution < -0.4 is 5.32 Å². The van der Waals surface area contributed by atoms with Gasteiger partial charge >= 0.3 is 5.97 Å². The van der Waals surface area contributed by atoms with E-state index in [0.29, 0.717) is 5.69 Å². The van der Waals surface area contributed by atoms with E-state index >= 15 is 0 Å². The van der Waals surface area contributed by atoms with Gasteiger partial charge in [-0.2, -0.15) is 0 Å². The molecule has 0 spiro atoms. The Hall–Kier alpha value is -3.15. The van der Waals surface area contributed by atoms with E-state index in [-0.39, 0.29) is 30.9 Å². The van der Waals surface area contributed by atoms with Crippen LogP contribution in [0.15, 0.2) is 48.5 Å². The van der Waals surface area contributed by atoms with Crippen molar-refractivity contribution in [1.82, 2.24) is 4.90 Å². The normalized spacial score (nSPS) is 15.2. The number of rotatable bonds is 6. The molecule has 0 radical (unpaired) electrons. The van der Waals surface area contributed by atoms with Crippen LogP contribution in [0.3, 0.4) is 0 Å². The quantitative estimate of drug-likeness (QED) is 0.763. The molecule has 0 heterocycles. The number of ether oxygens (including phenoxy) is 1. The molecular formula is C23H26N2O4. The highest BCUT2D eigenvalue weighted by Gasteiger charge is 2.26. The van der Waals surface area contributed by atoms with Gasteiger partial charge in [0.1, 0.15) is 0 Å². The fourth-order valence-corrected chi connectivity index (χ4v) is 3.68. The molecule has 29 heavy (non-hydrogen) atoms. The lowest BCUT2D eigenvalue weighted by atomic mass is 9.87.